The zero-order valence-electron chi connectivity index (χ0n) is 11.6. The number of carbonyl (C=O) groups excluding carboxylic acids is 1. The number of hydrogen-bond donors (Lipinski definition) is 2. The van der Waals surface area contributed by atoms with Crippen LogP contribution in [-0.2, 0) is 6.54 Å². The molecule has 3 rings (SSSR count). The zero-order chi connectivity index (χ0) is 14.1. The Balaban J connectivity index is 1.72. The van der Waals surface area contributed by atoms with Crippen molar-refractivity contribution in [2.75, 3.05) is 5.73 Å². The summed E-state index contributed by atoms with van der Waals surface area (Å²) in [5.74, 6) is -0.0585. The fraction of sp³-hybridized carbons (Fsp3) is 0.312. The molecule has 1 saturated carbocycles. The van der Waals surface area contributed by atoms with E-state index in [1.165, 1.54) is 5.56 Å². The molecular weight excluding hydrogens is 250 g/mol. The number of anilines is 1. The number of rotatable bonds is 4. The summed E-state index contributed by atoms with van der Waals surface area (Å²) in [6.07, 6.45) is 4.12. The molecule has 2 aromatic rings. The largest absolute Gasteiger partial charge is 0.397 e. The number of benzene rings is 1. The first-order valence-electron chi connectivity index (χ1n) is 6.95. The van der Waals surface area contributed by atoms with Crippen molar-refractivity contribution in [1.29, 1.82) is 0 Å². The number of aryl methyl sites for hydroxylation is 1. The summed E-state index contributed by atoms with van der Waals surface area (Å²) in [4.78, 5) is 12.3. The number of nitrogens with two attached hydrogens (primary N) is 1. The van der Waals surface area contributed by atoms with E-state index in [1.807, 2.05) is 42.0 Å². The quantitative estimate of drug-likeness (QED) is 0.896. The van der Waals surface area contributed by atoms with Gasteiger partial charge in [-0.15, -0.1) is 0 Å². The standard InChI is InChI=1S/C16H19N3O/c1-11-4-2-3-5-12(11)9-18-16(20)15-8-13(17)10-19(15)14-6-7-14/h2-5,8,10,14H,6-7,9,17H2,1H3,(H,18,20). The Hall–Kier alpha value is -2.23. The Morgan fingerprint density at radius 1 is 1.40 bits per heavy atom. The van der Waals surface area contributed by atoms with Gasteiger partial charge in [-0.25, -0.2) is 0 Å². The van der Waals surface area contributed by atoms with Crippen LogP contribution in [-0.4, -0.2) is 10.5 Å². The van der Waals surface area contributed by atoms with Gasteiger partial charge in [0, 0.05) is 18.8 Å². The summed E-state index contributed by atoms with van der Waals surface area (Å²) >= 11 is 0. The first-order valence-corrected chi connectivity index (χ1v) is 6.95. The molecule has 4 heteroatoms. The first kappa shape index (κ1) is 12.8. The third-order valence-electron chi connectivity index (χ3n) is 3.74. The second-order valence-electron chi connectivity index (χ2n) is 5.41. The number of nitrogens with one attached hydrogen (secondary N) is 1. The van der Waals surface area contributed by atoms with E-state index in [0.29, 0.717) is 24.0 Å². The van der Waals surface area contributed by atoms with Gasteiger partial charge in [0.15, 0.2) is 0 Å². The summed E-state index contributed by atoms with van der Waals surface area (Å²) in [6, 6.07) is 10.3. The van der Waals surface area contributed by atoms with Crippen LogP contribution in [0, 0.1) is 6.92 Å². The number of amides is 1. The molecule has 0 spiro atoms. The molecule has 104 valence electrons. The lowest BCUT2D eigenvalue weighted by Gasteiger charge is -2.10. The Morgan fingerprint density at radius 3 is 2.85 bits per heavy atom. The molecule has 0 radical (unpaired) electrons. The predicted octanol–water partition coefficient (Wildman–Crippen LogP) is 2.64. The highest BCUT2D eigenvalue weighted by Crippen LogP contribution is 2.37. The van der Waals surface area contributed by atoms with Crippen LogP contribution in [0.4, 0.5) is 5.69 Å². The van der Waals surface area contributed by atoms with E-state index in [-0.39, 0.29) is 5.91 Å². The molecular formula is C16H19N3O. The van der Waals surface area contributed by atoms with E-state index in [4.69, 9.17) is 5.73 Å². The van der Waals surface area contributed by atoms with E-state index < -0.39 is 0 Å². The Morgan fingerprint density at radius 2 is 2.15 bits per heavy atom. The molecule has 1 heterocycles. The summed E-state index contributed by atoms with van der Waals surface area (Å²) in [6.45, 7) is 2.59. The molecule has 0 aliphatic heterocycles. The van der Waals surface area contributed by atoms with Gasteiger partial charge in [0.25, 0.3) is 5.91 Å². The van der Waals surface area contributed by atoms with Crippen molar-refractivity contribution in [3.05, 3.63) is 53.3 Å². The molecule has 1 aliphatic carbocycles. The number of nitrogens with zero attached hydrogens (tertiary/aromatic N) is 1. The number of aromatic nitrogens is 1. The first-order chi connectivity index (χ1) is 9.65. The maximum absolute atomic E-state index is 12.3. The topological polar surface area (TPSA) is 60.1 Å². The van der Waals surface area contributed by atoms with Crippen LogP contribution in [0.1, 0.15) is 40.5 Å². The number of hydrogen-bond acceptors (Lipinski definition) is 2. The molecule has 1 aromatic heterocycles. The minimum absolute atomic E-state index is 0.0585. The third-order valence-corrected chi connectivity index (χ3v) is 3.74. The molecule has 0 atom stereocenters. The highest BCUT2D eigenvalue weighted by atomic mass is 16.1. The SMILES string of the molecule is Cc1ccccc1CNC(=O)c1cc(N)cn1C1CC1. The highest BCUT2D eigenvalue weighted by molar-refractivity contribution is 5.93. The fourth-order valence-electron chi connectivity index (χ4n) is 2.41. The molecule has 1 amide bonds. The summed E-state index contributed by atoms with van der Waals surface area (Å²) < 4.78 is 2.00. The maximum atomic E-state index is 12.3. The van der Waals surface area contributed by atoms with Crippen molar-refractivity contribution < 1.29 is 4.79 Å². The maximum Gasteiger partial charge on any atom is 0.268 e. The lowest BCUT2D eigenvalue weighted by molar-refractivity contribution is 0.0941. The third kappa shape index (κ3) is 2.54. The summed E-state index contributed by atoms with van der Waals surface area (Å²) in [5, 5.41) is 2.98. The van der Waals surface area contributed by atoms with Crippen molar-refractivity contribution in [2.45, 2.75) is 32.4 Å². The minimum atomic E-state index is -0.0585. The Bertz CT molecular complexity index is 641. The predicted molar refractivity (Wildman–Crippen MR) is 79.5 cm³/mol. The van der Waals surface area contributed by atoms with Crippen molar-refractivity contribution in [1.82, 2.24) is 9.88 Å². The van der Waals surface area contributed by atoms with Crippen LogP contribution in [0.15, 0.2) is 36.5 Å². The molecule has 0 bridgehead atoms. The Kier molecular flexibility index (Phi) is 3.22. The fourth-order valence-corrected chi connectivity index (χ4v) is 2.41. The lowest BCUT2D eigenvalue weighted by atomic mass is 10.1. The average Bonchev–Trinajstić information content (AvgIpc) is 3.20. The van der Waals surface area contributed by atoms with Crippen molar-refractivity contribution in [2.24, 2.45) is 0 Å². The van der Waals surface area contributed by atoms with E-state index in [1.54, 1.807) is 6.07 Å². The smallest absolute Gasteiger partial charge is 0.268 e. The van der Waals surface area contributed by atoms with Crippen molar-refractivity contribution >= 4 is 11.6 Å². The molecule has 3 N–H and O–H groups in total. The van der Waals surface area contributed by atoms with E-state index in [0.717, 1.165) is 18.4 Å². The van der Waals surface area contributed by atoms with E-state index in [2.05, 4.69) is 5.32 Å². The monoisotopic (exact) mass is 269 g/mol. The van der Waals surface area contributed by atoms with Gasteiger partial charge >= 0.3 is 0 Å². The molecule has 1 fully saturated rings. The van der Waals surface area contributed by atoms with Gasteiger partial charge in [-0.05, 0) is 37.0 Å². The van der Waals surface area contributed by atoms with Gasteiger partial charge in [0.2, 0.25) is 0 Å². The summed E-state index contributed by atoms with van der Waals surface area (Å²) in [7, 11) is 0. The highest BCUT2D eigenvalue weighted by Gasteiger charge is 2.27. The van der Waals surface area contributed by atoms with Gasteiger partial charge in [0.05, 0.1) is 5.69 Å². The summed E-state index contributed by atoms with van der Waals surface area (Å²) in [5.41, 5.74) is 9.45. The van der Waals surface area contributed by atoms with Crippen molar-refractivity contribution in [3.63, 3.8) is 0 Å². The molecule has 1 aromatic carbocycles. The second kappa shape index (κ2) is 5.04. The molecule has 4 nitrogen and oxygen atoms in total. The average molecular weight is 269 g/mol. The van der Waals surface area contributed by atoms with E-state index in [9.17, 15) is 4.79 Å². The van der Waals surface area contributed by atoms with Crippen LogP contribution in [0.3, 0.4) is 0 Å². The zero-order valence-corrected chi connectivity index (χ0v) is 11.6. The minimum Gasteiger partial charge on any atom is -0.397 e. The number of nitrogen functional groups attached to an aromatic ring is 1. The second-order valence-corrected chi connectivity index (χ2v) is 5.41. The Labute approximate surface area is 118 Å². The van der Waals surface area contributed by atoms with Crippen LogP contribution in [0.2, 0.25) is 0 Å². The van der Waals surface area contributed by atoms with Gasteiger partial charge in [-0.2, -0.15) is 0 Å². The van der Waals surface area contributed by atoms with Crippen LogP contribution in [0.5, 0.6) is 0 Å². The molecule has 0 saturated heterocycles. The van der Waals surface area contributed by atoms with Crippen molar-refractivity contribution in [3.8, 4) is 0 Å². The molecule has 20 heavy (non-hydrogen) atoms. The molecule has 1 aliphatic rings. The van der Waals surface area contributed by atoms with Crippen LogP contribution >= 0.6 is 0 Å². The number of carbonyl (C=O) groups is 1. The van der Waals surface area contributed by atoms with Crippen LogP contribution in [0.25, 0.3) is 0 Å². The molecule has 0 unspecified atom stereocenters. The van der Waals surface area contributed by atoms with E-state index >= 15 is 0 Å². The van der Waals surface area contributed by atoms with Gasteiger partial charge in [-0.3, -0.25) is 4.79 Å². The van der Waals surface area contributed by atoms with Crippen LogP contribution < -0.4 is 11.1 Å². The normalized spacial score (nSPS) is 14.2. The lowest BCUT2D eigenvalue weighted by Crippen LogP contribution is -2.25. The van der Waals surface area contributed by atoms with Gasteiger partial charge in [-0.1, -0.05) is 24.3 Å². The van der Waals surface area contributed by atoms with Gasteiger partial charge < -0.3 is 15.6 Å². The van der Waals surface area contributed by atoms with Gasteiger partial charge in [0.1, 0.15) is 5.69 Å².